The van der Waals surface area contributed by atoms with Gasteiger partial charge in [0.1, 0.15) is 0 Å². The van der Waals surface area contributed by atoms with E-state index < -0.39 is 0 Å². The van der Waals surface area contributed by atoms with E-state index in [1.54, 1.807) is 0 Å². The number of carbonyl (C=O) groups is 1. The smallest absolute Gasteiger partial charge is 0.236 e. The third-order valence-electron chi connectivity index (χ3n) is 4.78. The minimum absolute atomic E-state index is 0. The predicted molar refractivity (Wildman–Crippen MR) is 88.8 cm³/mol. The third kappa shape index (κ3) is 5.74. The van der Waals surface area contributed by atoms with Crippen LogP contribution in [0, 0.1) is 0 Å². The van der Waals surface area contributed by atoms with Crippen LogP contribution >= 0.6 is 12.4 Å². The zero-order valence-corrected chi connectivity index (χ0v) is 14.1. The quantitative estimate of drug-likeness (QED) is 0.814. The molecule has 0 bridgehead atoms. The van der Waals surface area contributed by atoms with Crippen molar-refractivity contribution >= 4 is 18.3 Å². The minimum atomic E-state index is 0. The first-order valence-electron chi connectivity index (χ1n) is 8.11. The molecule has 2 rings (SSSR count). The van der Waals surface area contributed by atoms with Gasteiger partial charge in [-0.05, 0) is 12.8 Å². The molecule has 2 fully saturated rings. The maximum absolute atomic E-state index is 12.4. The van der Waals surface area contributed by atoms with Gasteiger partial charge in [-0.25, -0.2) is 0 Å². The van der Waals surface area contributed by atoms with Crippen molar-refractivity contribution in [2.75, 3.05) is 52.9 Å². The number of likely N-dealkylation sites (N-methyl/N-ethyl adjacent to an activating group) is 1. The fraction of sp³-hybridized carbons (Fsp3) is 0.933. The Morgan fingerprint density at radius 3 is 2.24 bits per heavy atom. The van der Waals surface area contributed by atoms with Gasteiger partial charge in [-0.1, -0.05) is 19.3 Å². The van der Waals surface area contributed by atoms with Crippen molar-refractivity contribution in [3.8, 4) is 0 Å². The summed E-state index contributed by atoms with van der Waals surface area (Å²) in [7, 11) is 1.99. The van der Waals surface area contributed by atoms with Crippen LogP contribution in [0.1, 0.15) is 32.1 Å². The molecule has 1 saturated carbocycles. The van der Waals surface area contributed by atoms with Crippen LogP contribution in [0.25, 0.3) is 0 Å². The fourth-order valence-electron chi connectivity index (χ4n) is 3.33. The Hall–Kier alpha value is -0.360. The molecule has 0 atom stereocenters. The number of nitrogens with two attached hydrogens (primary N) is 1. The Balaban J connectivity index is 0.00000220. The summed E-state index contributed by atoms with van der Waals surface area (Å²) in [4.78, 5) is 19.0. The molecule has 1 saturated heterocycles. The molecule has 2 N–H and O–H groups in total. The third-order valence-corrected chi connectivity index (χ3v) is 4.78. The molecule has 1 heterocycles. The van der Waals surface area contributed by atoms with Gasteiger partial charge in [-0.15, -0.1) is 12.4 Å². The van der Waals surface area contributed by atoms with Crippen LogP contribution in [0.3, 0.4) is 0 Å². The minimum Gasteiger partial charge on any atom is -0.342 e. The molecule has 21 heavy (non-hydrogen) atoms. The molecule has 0 aromatic heterocycles. The molecular weight excluding hydrogens is 288 g/mol. The number of amides is 1. The van der Waals surface area contributed by atoms with E-state index in [2.05, 4.69) is 9.80 Å². The molecule has 0 aromatic carbocycles. The average Bonchev–Trinajstić information content (AvgIpc) is 2.49. The number of halogens is 1. The summed E-state index contributed by atoms with van der Waals surface area (Å²) in [6.07, 6.45) is 6.26. The van der Waals surface area contributed by atoms with Gasteiger partial charge in [-0.3, -0.25) is 14.6 Å². The molecule has 1 aliphatic heterocycles. The van der Waals surface area contributed by atoms with Gasteiger partial charge in [0.25, 0.3) is 0 Å². The second-order valence-corrected chi connectivity index (χ2v) is 6.20. The Morgan fingerprint density at radius 1 is 1.10 bits per heavy atom. The fourth-order valence-corrected chi connectivity index (χ4v) is 3.33. The molecule has 2 aliphatic rings. The summed E-state index contributed by atoms with van der Waals surface area (Å²) in [6.45, 7) is 6.35. The zero-order valence-electron chi connectivity index (χ0n) is 13.3. The molecule has 5 nitrogen and oxygen atoms in total. The van der Waals surface area contributed by atoms with Crippen LogP contribution in [0.5, 0.6) is 0 Å². The first-order valence-corrected chi connectivity index (χ1v) is 8.11. The monoisotopic (exact) mass is 318 g/mol. The second-order valence-electron chi connectivity index (χ2n) is 6.20. The highest BCUT2D eigenvalue weighted by atomic mass is 35.5. The number of hydrogen-bond donors (Lipinski definition) is 1. The Kier molecular flexibility index (Phi) is 8.56. The molecule has 0 spiro atoms. The number of carbonyl (C=O) groups excluding carboxylic acids is 1. The average molecular weight is 319 g/mol. The van der Waals surface area contributed by atoms with E-state index in [1.807, 2.05) is 11.9 Å². The SMILES string of the molecule is CN(C(=O)CN1CCN(CCN)CC1)C1CCCCC1.Cl. The van der Waals surface area contributed by atoms with Crippen LogP contribution < -0.4 is 5.73 Å². The van der Waals surface area contributed by atoms with Crippen LogP contribution in [-0.4, -0.2) is 79.5 Å². The Labute approximate surface area is 135 Å². The van der Waals surface area contributed by atoms with Crippen molar-refractivity contribution in [3.05, 3.63) is 0 Å². The summed E-state index contributed by atoms with van der Waals surface area (Å²) in [5.41, 5.74) is 5.58. The van der Waals surface area contributed by atoms with Gasteiger partial charge in [-0.2, -0.15) is 0 Å². The number of rotatable bonds is 5. The van der Waals surface area contributed by atoms with E-state index in [1.165, 1.54) is 32.1 Å². The molecule has 124 valence electrons. The van der Waals surface area contributed by atoms with Crippen molar-refractivity contribution < 1.29 is 4.79 Å². The molecule has 0 aromatic rings. The maximum atomic E-state index is 12.4. The van der Waals surface area contributed by atoms with Crippen LogP contribution in [0.2, 0.25) is 0 Å². The summed E-state index contributed by atoms with van der Waals surface area (Å²) in [5.74, 6) is 0.296. The van der Waals surface area contributed by atoms with E-state index in [-0.39, 0.29) is 12.4 Å². The molecule has 0 unspecified atom stereocenters. The summed E-state index contributed by atoms with van der Waals surface area (Å²) >= 11 is 0. The summed E-state index contributed by atoms with van der Waals surface area (Å²) in [5, 5.41) is 0. The zero-order chi connectivity index (χ0) is 14.4. The lowest BCUT2D eigenvalue weighted by Gasteiger charge is -2.36. The van der Waals surface area contributed by atoms with Crippen LogP contribution in [0.15, 0.2) is 0 Å². The molecular formula is C15H31ClN4O. The van der Waals surface area contributed by atoms with Gasteiger partial charge < -0.3 is 10.6 Å². The van der Waals surface area contributed by atoms with Gasteiger partial charge >= 0.3 is 0 Å². The highest BCUT2D eigenvalue weighted by Crippen LogP contribution is 2.21. The number of hydrogen-bond acceptors (Lipinski definition) is 4. The van der Waals surface area contributed by atoms with E-state index in [0.717, 1.165) is 39.3 Å². The van der Waals surface area contributed by atoms with Crippen LogP contribution in [-0.2, 0) is 4.79 Å². The van der Waals surface area contributed by atoms with Crippen molar-refractivity contribution in [3.63, 3.8) is 0 Å². The predicted octanol–water partition coefficient (Wildman–Crippen LogP) is 0.776. The molecule has 1 aliphatic carbocycles. The van der Waals surface area contributed by atoms with E-state index >= 15 is 0 Å². The lowest BCUT2D eigenvalue weighted by atomic mass is 9.94. The second kappa shape index (κ2) is 9.62. The van der Waals surface area contributed by atoms with Gasteiger partial charge in [0.15, 0.2) is 0 Å². The topological polar surface area (TPSA) is 52.8 Å². The molecule has 0 radical (unpaired) electrons. The summed E-state index contributed by atoms with van der Waals surface area (Å²) in [6, 6.07) is 0.481. The van der Waals surface area contributed by atoms with E-state index in [4.69, 9.17) is 5.73 Å². The van der Waals surface area contributed by atoms with Crippen molar-refractivity contribution in [2.45, 2.75) is 38.1 Å². The van der Waals surface area contributed by atoms with Crippen molar-refractivity contribution in [1.29, 1.82) is 0 Å². The maximum Gasteiger partial charge on any atom is 0.236 e. The molecule has 1 amide bonds. The van der Waals surface area contributed by atoms with E-state index in [9.17, 15) is 4.79 Å². The normalized spacial score (nSPS) is 21.8. The lowest BCUT2D eigenvalue weighted by molar-refractivity contribution is -0.134. The first kappa shape index (κ1) is 18.7. The van der Waals surface area contributed by atoms with Crippen LogP contribution in [0.4, 0.5) is 0 Å². The highest BCUT2D eigenvalue weighted by molar-refractivity contribution is 5.85. The van der Waals surface area contributed by atoms with Crippen molar-refractivity contribution in [2.24, 2.45) is 5.73 Å². The van der Waals surface area contributed by atoms with E-state index in [0.29, 0.717) is 18.5 Å². The summed E-state index contributed by atoms with van der Waals surface area (Å²) < 4.78 is 0. The first-order chi connectivity index (χ1) is 9.70. The van der Waals surface area contributed by atoms with Gasteiger partial charge in [0, 0.05) is 52.4 Å². The Bertz CT molecular complexity index is 302. The molecule has 6 heteroatoms. The standard InChI is InChI=1S/C15H30N4O.ClH/c1-17(14-5-3-2-4-6-14)15(20)13-19-11-9-18(8-7-16)10-12-19;/h14H,2-13,16H2,1H3;1H. The van der Waals surface area contributed by atoms with Gasteiger partial charge in [0.2, 0.25) is 5.91 Å². The lowest BCUT2D eigenvalue weighted by Crippen LogP contribution is -2.51. The van der Waals surface area contributed by atoms with Crippen molar-refractivity contribution in [1.82, 2.24) is 14.7 Å². The number of nitrogens with zero attached hydrogens (tertiary/aromatic N) is 3. The number of piperazine rings is 1. The van der Waals surface area contributed by atoms with Gasteiger partial charge in [0.05, 0.1) is 6.54 Å². The highest BCUT2D eigenvalue weighted by Gasteiger charge is 2.24. The largest absolute Gasteiger partial charge is 0.342 e. The Morgan fingerprint density at radius 2 is 1.67 bits per heavy atom.